The fourth-order valence-corrected chi connectivity index (χ4v) is 2.39. The van der Waals surface area contributed by atoms with Gasteiger partial charge in [0.2, 0.25) is 5.91 Å². The number of aliphatic hydroxyl groups excluding tert-OH is 1. The van der Waals surface area contributed by atoms with Gasteiger partial charge in [-0.05, 0) is 17.4 Å². The molecule has 2 aromatic heterocycles. The summed E-state index contributed by atoms with van der Waals surface area (Å²) in [6, 6.07) is 1.70. The number of thiophene rings is 1. The molecule has 7 heteroatoms. The maximum atomic E-state index is 12.1. The first kappa shape index (κ1) is 14.7. The summed E-state index contributed by atoms with van der Waals surface area (Å²) in [5.74, 6) is -0.245. The van der Waals surface area contributed by atoms with Gasteiger partial charge in [0, 0.05) is 6.54 Å². The third-order valence-electron chi connectivity index (χ3n) is 3.04. The van der Waals surface area contributed by atoms with Gasteiger partial charge >= 0.3 is 0 Å². The van der Waals surface area contributed by atoms with Crippen LogP contribution in [0.4, 0.5) is 0 Å². The Bertz CT molecular complexity index is 662. The molecule has 1 amide bonds. The van der Waals surface area contributed by atoms with Crippen LogP contribution in [0.25, 0.3) is 10.2 Å². The number of rotatable bonds is 5. The van der Waals surface area contributed by atoms with Crippen molar-refractivity contribution in [3.63, 3.8) is 0 Å². The summed E-state index contributed by atoms with van der Waals surface area (Å²) in [7, 11) is 0. The van der Waals surface area contributed by atoms with Crippen molar-refractivity contribution >= 4 is 27.5 Å². The molecule has 1 unspecified atom stereocenters. The molecule has 0 aliphatic carbocycles. The molecular weight excluding hydrogens is 278 g/mol. The molecular formula is C13H17N3O3S. The first-order valence-electron chi connectivity index (χ1n) is 6.36. The molecule has 20 heavy (non-hydrogen) atoms. The van der Waals surface area contributed by atoms with E-state index in [-0.39, 0.29) is 30.5 Å². The van der Waals surface area contributed by atoms with Gasteiger partial charge in [-0.3, -0.25) is 14.2 Å². The van der Waals surface area contributed by atoms with E-state index in [1.807, 2.05) is 13.8 Å². The largest absolute Gasteiger partial charge is 0.391 e. The molecule has 2 rings (SSSR count). The fraction of sp³-hybridized carbons (Fsp3) is 0.462. The molecule has 6 nitrogen and oxygen atoms in total. The van der Waals surface area contributed by atoms with E-state index >= 15 is 0 Å². The molecule has 0 aliphatic heterocycles. The predicted molar refractivity (Wildman–Crippen MR) is 77.7 cm³/mol. The second-order valence-corrected chi connectivity index (χ2v) is 5.83. The fourth-order valence-electron chi connectivity index (χ4n) is 1.67. The van der Waals surface area contributed by atoms with Crippen LogP contribution in [0.3, 0.4) is 0 Å². The second kappa shape index (κ2) is 6.15. The zero-order valence-electron chi connectivity index (χ0n) is 11.4. The van der Waals surface area contributed by atoms with E-state index < -0.39 is 6.10 Å². The van der Waals surface area contributed by atoms with Crippen LogP contribution in [0, 0.1) is 5.92 Å². The van der Waals surface area contributed by atoms with Crippen molar-refractivity contribution in [1.82, 2.24) is 14.9 Å². The number of carbonyl (C=O) groups is 1. The first-order chi connectivity index (χ1) is 9.49. The van der Waals surface area contributed by atoms with E-state index in [2.05, 4.69) is 10.3 Å². The van der Waals surface area contributed by atoms with E-state index in [1.165, 1.54) is 22.2 Å². The number of fused-ring (bicyclic) bond motifs is 1. The van der Waals surface area contributed by atoms with Crippen LogP contribution in [0.5, 0.6) is 0 Å². The first-order valence-corrected chi connectivity index (χ1v) is 7.24. The van der Waals surface area contributed by atoms with Crippen LogP contribution in [-0.4, -0.2) is 33.2 Å². The maximum Gasteiger partial charge on any atom is 0.262 e. The average molecular weight is 295 g/mol. The van der Waals surface area contributed by atoms with E-state index in [1.54, 1.807) is 11.4 Å². The molecule has 2 aromatic rings. The van der Waals surface area contributed by atoms with Gasteiger partial charge in [-0.1, -0.05) is 13.8 Å². The Labute approximate surface area is 120 Å². The third kappa shape index (κ3) is 3.23. The highest BCUT2D eigenvalue weighted by Crippen LogP contribution is 2.13. The molecule has 0 bridgehead atoms. The monoisotopic (exact) mass is 295 g/mol. The molecule has 0 fully saturated rings. The maximum absolute atomic E-state index is 12.1. The Morgan fingerprint density at radius 1 is 1.55 bits per heavy atom. The number of amides is 1. The topological polar surface area (TPSA) is 84.2 Å². The predicted octanol–water partition coefficient (Wildman–Crippen LogP) is 0.591. The van der Waals surface area contributed by atoms with Crippen molar-refractivity contribution in [3.8, 4) is 0 Å². The van der Waals surface area contributed by atoms with Gasteiger partial charge < -0.3 is 10.4 Å². The van der Waals surface area contributed by atoms with Crippen molar-refractivity contribution in [2.24, 2.45) is 5.92 Å². The van der Waals surface area contributed by atoms with Crippen LogP contribution in [0.2, 0.25) is 0 Å². The van der Waals surface area contributed by atoms with E-state index in [9.17, 15) is 14.7 Å². The molecule has 1 atom stereocenters. The Balaban J connectivity index is 2.03. The Hall–Kier alpha value is -1.73. The Morgan fingerprint density at radius 3 is 3.00 bits per heavy atom. The molecule has 0 saturated carbocycles. The molecule has 0 radical (unpaired) electrons. The van der Waals surface area contributed by atoms with Crippen molar-refractivity contribution in [2.45, 2.75) is 26.5 Å². The summed E-state index contributed by atoms with van der Waals surface area (Å²) in [5, 5.41) is 14.5. The summed E-state index contributed by atoms with van der Waals surface area (Å²) in [6.07, 6.45) is 0.785. The minimum absolute atomic E-state index is 0.0712. The highest BCUT2D eigenvalue weighted by Gasteiger charge is 2.12. The van der Waals surface area contributed by atoms with Crippen molar-refractivity contribution in [3.05, 3.63) is 28.1 Å². The number of nitrogens with one attached hydrogen (secondary N) is 1. The van der Waals surface area contributed by atoms with Gasteiger partial charge in [-0.15, -0.1) is 11.3 Å². The quantitative estimate of drug-likeness (QED) is 0.845. The molecule has 2 N–H and O–H groups in total. The molecule has 0 aromatic carbocycles. The number of nitrogens with zero attached hydrogens (tertiary/aromatic N) is 2. The van der Waals surface area contributed by atoms with Crippen LogP contribution in [0.1, 0.15) is 13.8 Å². The normalized spacial score (nSPS) is 12.8. The van der Waals surface area contributed by atoms with Gasteiger partial charge in [0.15, 0.2) is 0 Å². The van der Waals surface area contributed by atoms with Crippen LogP contribution in [0.15, 0.2) is 22.6 Å². The smallest absolute Gasteiger partial charge is 0.262 e. The summed E-state index contributed by atoms with van der Waals surface area (Å²) >= 11 is 1.39. The zero-order valence-corrected chi connectivity index (χ0v) is 12.2. The third-order valence-corrected chi connectivity index (χ3v) is 3.86. The molecule has 0 saturated heterocycles. The second-order valence-electron chi connectivity index (χ2n) is 4.93. The van der Waals surface area contributed by atoms with Crippen molar-refractivity contribution in [2.75, 3.05) is 6.54 Å². The Morgan fingerprint density at radius 2 is 2.30 bits per heavy atom. The van der Waals surface area contributed by atoms with E-state index in [4.69, 9.17) is 0 Å². The SMILES string of the molecule is CC(C)C(O)CNC(=O)Cn1cnc2sccc2c1=O. The summed E-state index contributed by atoms with van der Waals surface area (Å²) < 4.78 is 1.27. The van der Waals surface area contributed by atoms with Gasteiger partial charge in [0.05, 0.1) is 17.8 Å². The summed E-state index contributed by atoms with van der Waals surface area (Å²) in [5.41, 5.74) is -0.226. The lowest BCUT2D eigenvalue weighted by atomic mass is 10.1. The van der Waals surface area contributed by atoms with Crippen molar-refractivity contribution < 1.29 is 9.90 Å². The molecule has 0 spiro atoms. The van der Waals surface area contributed by atoms with Gasteiger partial charge in [-0.25, -0.2) is 4.98 Å². The number of hydrogen-bond donors (Lipinski definition) is 2. The number of hydrogen-bond acceptors (Lipinski definition) is 5. The van der Waals surface area contributed by atoms with Crippen LogP contribution < -0.4 is 10.9 Å². The van der Waals surface area contributed by atoms with Gasteiger partial charge in [0.25, 0.3) is 5.56 Å². The summed E-state index contributed by atoms with van der Waals surface area (Å²) in [6.45, 7) is 3.83. The van der Waals surface area contributed by atoms with E-state index in [0.717, 1.165) is 0 Å². The van der Waals surface area contributed by atoms with Crippen LogP contribution in [-0.2, 0) is 11.3 Å². The lowest BCUT2D eigenvalue weighted by Crippen LogP contribution is -2.38. The number of aliphatic hydroxyl groups is 1. The Kier molecular flexibility index (Phi) is 4.51. The number of carbonyl (C=O) groups excluding carboxylic acids is 1. The van der Waals surface area contributed by atoms with Crippen LogP contribution >= 0.6 is 11.3 Å². The van der Waals surface area contributed by atoms with Crippen molar-refractivity contribution in [1.29, 1.82) is 0 Å². The molecule has 108 valence electrons. The minimum Gasteiger partial charge on any atom is -0.391 e. The lowest BCUT2D eigenvalue weighted by molar-refractivity contribution is -0.122. The standard InChI is InChI=1S/C13H17N3O3S/c1-8(2)10(17)5-14-11(18)6-16-7-15-12-9(13(16)19)3-4-20-12/h3-4,7-8,10,17H,5-6H2,1-2H3,(H,14,18). The molecule has 0 aliphatic rings. The highest BCUT2D eigenvalue weighted by atomic mass is 32.1. The van der Waals surface area contributed by atoms with Gasteiger partial charge in [-0.2, -0.15) is 0 Å². The summed E-state index contributed by atoms with van der Waals surface area (Å²) in [4.78, 5) is 28.6. The highest BCUT2D eigenvalue weighted by molar-refractivity contribution is 7.16. The minimum atomic E-state index is -0.590. The average Bonchev–Trinajstić information content (AvgIpc) is 2.88. The van der Waals surface area contributed by atoms with E-state index in [0.29, 0.717) is 10.2 Å². The lowest BCUT2D eigenvalue weighted by Gasteiger charge is -2.15. The number of aromatic nitrogens is 2. The van der Waals surface area contributed by atoms with Gasteiger partial charge in [0.1, 0.15) is 11.4 Å². The molecule has 2 heterocycles. The zero-order chi connectivity index (χ0) is 14.7.